The molecule has 1 atom stereocenters. The third-order valence-corrected chi connectivity index (χ3v) is 5.66. The smallest absolute Gasteiger partial charge is 0.161 e. The van der Waals surface area contributed by atoms with E-state index in [0.717, 1.165) is 46.9 Å². The molecule has 4 nitrogen and oxygen atoms in total. The standard InChI is InChI=1S/C19H19NO3S/c1-22-11-9-13-18(15(10-11)23-2)19(16-7-4-8-24-16)17-12(20-13)5-3-6-14(17)21/h4,7-10,19-20H,3,5-6H2,1-2H3/t19-/m1/s1. The summed E-state index contributed by atoms with van der Waals surface area (Å²) < 4.78 is 11.1. The van der Waals surface area contributed by atoms with E-state index in [1.54, 1.807) is 25.6 Å². The van der Waals surface area contributed by atoms with Crippen molar-refractivity contribution in [3.05, 3.63) is 51.4 Å². The molecule has 0 amide bonds. The van der Waals surface area contributed by atoms with Crippen molar-refractivity contribution >= 4 is 22.8 Å². The van der Waals surface area contributed by atoms with Gasteiger partial charge in [-0.1, -0.05) is 6.07 Å². The van der Waals surface area contributed by atoms with Gasteiger partial charge in [0.1, 0.15) is 11.5 Å². The summed E-state index contributed by atoms with van der Waals surface area (Å²) in [6, 6.07) is 8.01. The lowest BCUT2D eigenvalue weighted by Crippen LogP contribution is -2.26. The van der Waals surface area contributed by atoms with Crippen molar-refractivity contribution < 1.29 is 14.3 Å². The highest BCUT2D eigenvalue weighted by Gasteiger charge is 2.37. The number of rotatable bonds is 3. The molecule has 0 saturated heterocycles. The van der Waals surface area contributed by atoms with E-state index in [1.165, 1.54) is 4.88 Å². The van der Waals surface area contributed by atoms with Crippen LogP contribution < -0.4 is 14.8 Å². The number of anilines is 1. The third kappa shape index (κ3) is 2.31. The second kappa shape index (κ2) is 5.98. The van der Waals surface area contributed by atoms with Gasteiger partial charge in [0.2, 0.25) is 0 Å². The SMILES string of the molecule is COc1cc2c(c(OC)c1)[C@H](c1cccs1)C1=C(CCCC1=O)N2. The van der Waals surface area contributed by atoms with Crippen molar-refractivity contribution in [2.24, 2.45) is 0 Å². The number of carbonyl (C=O) groups is 1. The van der Waals surface area contributed by atoms with Gasteiger partial charge in [0, 0.05) is 46.0 Å². The van der Waals surface area contributed by atoms with Crippen LogP contribution in [0.15, 0.2) is 40.9 Å². The number of ketones is 1. The van der Waals surface area contributed by atoms with Gasteiger partial charge in [-0.2, -0.15) is 0 Å². The Labute approximate surface area is 145 Å². The molecular formula is C19H19NO3S. The van der Waals surface area contributed by atoms with Gasteiger partial charge >= 0.3 is 0 Å². The maximum Gasteiger partial charge on any atom is 0.161 e. The van der Waals surface area contributed by atoms with Crippen LogP contribution in [0.4, 0.5) is 5.69 Å². The maximum atomic E-state index is 12.7. The molecule has 1 aliphatic heterocycles. The highest BCUT2D eigenvalue weighted by Crippen LogP contribution is 2.50. The average Bonchev–Trinajstić information content (AvgIpc) is 3.13. The quantitative estimate of drug-likeness (QED) is 0.903. The van der Waals surface area contributed by atoms with E-state index < -0.39 is 0 Å². The predicted molar refractivity (Wildman–Crippen MR) is 95.2 cm³/mol. The largest absolute Gasteiger partial charge is 0.497 e. The number of methoxy groups -OCH3 is 2. The highest BCUT2D eigenvalue weighted by molar-refractivity contribution is 7.10. The van der Waals surface area contributed by atoms with Crippen molar-refractivity contribution in [3.8, 4) is 11.5 Å². The van der Waals surface area contributed by atoms with E-state index in [9.17, 15) is 4.79 Å². The summed E-state index contributed by atoms with van der Waals surface area (Å²) in [5.41, 5.74) is 3.94. The zero-order valence-corrected chi connectivity index (χ0v) is 14.5. The van der Waals surface area contributed by atoms with E-state index in [4.69, 9.17) is 9.47 Å². The third-order valence-electron chi connectivity index (χ3n) is 4.72. The molecular weight excluding hydrogens is 322 g/mol. The minimum absolute atomic E-state index is 0.0649. The Balaban J connectivity index is 1.98. The van der Waals surface area contributed by atoms with Gasteiger partial charge < -0.3 is 14.8 Å². The van der Waals surface area contributed by atoms with Crippen LogP contribution in [0, 0.1) is 0 Å². The number of fused-ring (bicyclic) bond motifs is 1. The molecule has 2 aliphatic rings. The molecule has 4 rings (SSSR count). The Bertz CT molecular complexity index is 823. The van der Waals surface area contributed by atoms with Gasteiger partial charge in [0.15, 0.2) is 5.78 Å². The molecule has 2 heterocycles. The summed E-state index contributed by atoms with van der Waals surface area (Å²) in [6.07, 6.45) is 2.43. The number of carbonyl (C=O) groups excluding carboxylic acids is 1. The second-order valence-corrected chi connectivity index (χ2v) is 7.01. The first kappa shape index (κ1) is 15.3. The molecule has 0 saturated carbocycles. The fraction of sp³-hybridized carbons (Fsp3) is 0.316. The lowest BCUT2D eigenvalue weighted by molar-refractivity contribution is -0.116. The lowest BCUT2D eigenvalue weighted by atomic mass is 9.77. The summed E-state index contributed by atoms with van der Waals surface area (Å²) in [6.45, 7) is 0. The lowest BCUT2D eigenvalue weighted by Gasteiger charge is -2.34. The van der Waals surface area contributed by atoms with Crippen LogP contribution in [0.5, 0.6) is 11.5 Å². The van der Waals surface area contributed by atoms with Crippen LogP contribution in [0.2, 0.25) is 0 Å². The maximum absolute atomic E-state index is 12.7. The molecule has 0 spiro atoms. The van der Waals surface area contributed by atoms with Crippen LogP contribution in [0.1, 0.15) is 35.6 Å². The van der Waals surface area contributed by atoms with Crippen molar-refractivity contribution in [1.82, 2.24) is 0 Å². The monoisotopic (exact) mass is 341 g/mol. The molecule has 5 heteroatoms. The summed E-state index contributed by atoms with van der Waals surface area (Å²) in [7, 11) is 3.31. The van der Waals surface area contributed by atoms with Gasteiger partial charge in [0.05, 0.1) is 20.1 Å². The number of nitrogens with one attached hydrogen (secondary N) is 1. The van der Waals surface area contributed by atoms with E-state index in [2.05, 4.69) is 16.8 Å². The number of thiophene rings is 1. The molecule has 0 fully saturated rings. The normalized spacial score (nSPS) is 19.4. The van der Waals surface area contributed by atoms with E-state index in [1.807, 2.05) is 18.2 Å². The first-order valence-corrected chi connectivity index (χ1v) is 8.93. The Hall–Kier alpha value is -2.27. The summed E-state index contributed by atoms with van der Waals surface area (Å²) in [5.74, 6) is 1.67. The van der Waals surface area contributed by atoms with Gasteiger partial charge in [-0.15, -0.1) is 11.3 Å². The number of allylic oxidation sites excluding steroid dienone is 2. The summed E-state index contributed by atoms with van der Waals surface area (Å²) in [4.78, 5) is 13.9. The van der Waals surface area contributed by atoms with Crippen molar-refractivity contribution in [3.63, 3.8) is 0 Å². The van der Waals surface area contributed by atoms with E-state index in [0.29, 0.717) is 6.42 Å². The van der Waals surface area contributed by atoms with E-state index in [-0.39, 0.29) is 11.7 Å². The van der Waals surface area contributed by atoms with Crippen LogP contribution in [-0.4, -0.2) is 20.0 Å². The fourth-order valence-electron chi connectivity index (χ4n) is 3.66. The zero-order valence-electron chi connectivity index (χ0n) is 13.7. The highest BCUT2D eigenvalue weighted by atomic mass is 32.1. The second-order valence-electron chi connectivity index (χ2n) is 6.03. The van der Waals surface area contributed by atoms with E-state index >= 15 is 0 Å². The van der Waals surface area contributed by atoms with Crippen LogP contribution in [-0.2, 0) is 4.79 Å². The Kier molecular flexibility index (Phi) is 3.81. The minimum Gasteiger partial charge on any atom is -0.497 e. The van der Waals surface area contributed by atoms with Crippen molar-refractivity contribution in [1.29, 1.82) is 0 Å². The molecule has 0 unspecified atom stereocenters. The summed E-state index contributed by atoms with van der Waals surface area (Å²) in [5, 5.41) is 5.53. The van der Waals surface area contributed by atoms with Crippen molar-refractivity contribution in [2.45, 2.75) is 25.2 Å². The molecule has 1 aromatic carbocycles. The number of hydrogen-bond donors (Lipinski definition) is 1. The summed E-state index contributed by atoms with van der Waals surface area (Å²) >= 11 is 1.68. The Morgan fingerprint density at radius 3 is 2.79 bits per heavy atom. The topological polar surface area (TPSA) is 47.6 Å². The van der Waals surface area contributed by atoms with Crippen LogP contribution in [0.25, 0.3) is 0 Å². The molecule has 0 radical (unpaired) electrons. The fourth-order valence-corrected chi connectivity index (χ4v) is 4.51. The molecule has 24 heavy (non-hydrogen) atoms. The predicted octanol–water partition coefficient (Wildman–Crippen LogP) is 4.33. The zero-order chi connectivity index (χ0) is 16.7. The Morgan fingerprint density at radius 2 is 2.08 bits per heavy atom. The van der Waals surface area contributed by atoms with Gasteiger partial charge in [-0.25, -0.2) is 0 Å². The number of Topliss-reactive ketones (excluding diaryl/α,β-unsaturated/α-hetero) is 1. The number of benzene rings is 1. The number of hydrogen-bond acceptors (Lipinski definition) is 5. The van der Waals surface area contributed by atoms with Crippen LogP contribution in [0.3, 0.4) is 0 Å². The average molecular weight is 341 g/mol. The van der Waals surface area contributed by atoms with Gasteiger partial charge in [0.25, 0.3) is 0 Å². The van der Waals surface area contributed by atoms with Gasteiger partial charge in [-0.05, 0) is 24.3 Å². The first-order valence-electron chi connectivity index (χ1n) is 8.05. The Morgan fingerprint density at radius 1 is 1.21 bits per heavy atom. The molecule has 124 valence electrons. The molecule has 1 aliphatic carbocycles. The minimum atomic E-state index is -0.0649. The van der Waals surface area contributed by atoms with Crippen LogP contribution >= 0.6 is 11.3 Å². The van der Waals surface area contributed by atoms with Crippen molar-refractivity contribution in [2.75, 3.05) is 19.5 Å². The number of ether oxygens (including phenoxy) is 2. The molecule has 0 bridgehead atoms. The molecule has 1 N–H and O–H groups in total. The molecule has 1 aromatic heterocycles. The first-order chi connectivity index (χ1) is 11.7. The van der Waals surface area contributed by atoms with Gasteiger partial charge in [-0.3, -0.25) is 4.79 Å². The molecule has 2 aromatic rings.